The van der Waals surface area contributed by atoms with Crippen LogP contribution in [0.5, 0.6) is 5.75 Å². The lowest BCUT2D eigenvalue weighted by atomic mass is 10.1. The summed E-state index contributed by atoms with van der Waals surface area (Å²) >= 11 is 0. The minimum absolute atomic E-state index is 0. The minimum Gasteiger partial charge on any atom is -0.494 e. The molecule has 10 heteroatoms. The van der Waals surface area contributed by atoms with Crippen LogP contribution >= 0.6 is 13.5 Å². The molecule has 0 spiro atoms. The summed E-state index contributed by atoms with van der Waals surface area (Å²) in [5, 5.41) is 12.0. The van der Waals surface area contributed by atoms with E-state index in [0.29, 0.717) is 13.1 Å². The zero-order valence-corrected chi connectivity index (χ0v) is 21.6. The number of methoxy groups -OCH3 is 1. The van der Waals surface area contributed by atoms with E-state index in [0.717, 1.165) is 44.9 Å². The summed E-state index contributed by atoms with van der Waals surface area (Å²) in [5.74, 6) is 0.561. The van der Waals surface area contributed by atoms with Gasteiger partial charge in [-0.2, -0.15) is 18.6 Å². The van der Waals surface area contributed by atoms with Gasteiger partial charge in [0.25, 0.3) is 0 Å². The molecule has 36 heavy (non-hydrogen) atoms. The molecule has 1 amide bonds. The van der Waals surface area contributed by atoms with E-state index in [-0.39, 0.29) is 37.0 Å². The topological polar surface area (TPSA) is 84.3 Å². The zero-order valence-electron chi connectivity index (χ0n) is 20.6. The van der Waals surface area contributed by atoms with Crippen LogP contribution in [0, 0.1) is 12.7 Å². The summed E-state index contributed by atoms with van der Waals surface area (Å²) in [6, 6.07) is 12.7. The molecule has 2 aromatic heterocycles. The number of aromatic nitrogens is 3. The predicted octanol–water partition coefficient (Wildman–Crippen LogP) is 4.44. The first-order chi connectivity index (χ1) is 16.8. The third kappa shape index (κ3) is 4.81. The summed E-state index contributed by atoms with van der Waals surface area (Å²) in [6.45, 7) is 4.88. The molecule has 0 bridgehead atoms. The van der Waals surface area contributed by atoms with Crippen LogP contribution in [-0.4, -0.2) is 40.9 Å². The maximum absolute atomic E-state index is 13.7. The Morgan fingerprint density at radius 1 is 1.17 bits per heavy atom. The maximum Gasteiger partial charge on any atom is 0.246 e. The van der Waals surface area contributed by atoms with Gasteiger partial charge >= 0.3 is 0 Å². The van der Waals surface area contributed by atoms with Gasteiger partial charge < -0.3 is 20.3 Å². The van der Waals surface area contributed by atoms with Crippen molar-refractivity contribution in [3.8, 4) is 5.75 Å². The summed E-state index contributed by atoms with van der Waals surface area (Å²) in [4.78, 5) is 18.7. The van der Waals surface area contributed by atoms with Crippen molar-refractivity contribution in [2.45, 2.75) is 33.0 Å². The number of halogens is 1. The number of pyridine rings is 1. The monoisotopic (exact) mass is 508 g/mol. The highest BCUT2D eigenvalue weighted by molar-refractivity contribution is 7.59. The van der Waals surface area contributed by atoms with Crippen LogP contribution in [0.3, 0.4) is 0 Å². The van der Waals surface area contributed by atoms with Crippen molar-refractivity contribution in [2.75, 3.05) is 29.7 Å². The third-order valence-corrected chi connectivity index (χ3v) is 6.42. The molecule has 0 saturated carbocycles. The predicted molar refractivity (Wildman–Crippen MR) is 145 cm³/mol. The second kappa shape index (κ2) is 10.1. The van der Waals surface area contributed by atoms with Crippen molar-refractivity contribution in [1.82, 2.24) is 14.8 Å². The highest BCUT2D eigenvalue weighted by Gasteiger charge is 2.28. The Hall–Kier alpha value is -3.79. The molecule has 1 aliphatic rings. The number of fused-ring (bicyclic) bond motifs is 2. The lowest BCUT2D eigenvalue weighted by molar-refractivity contribution is -0.117. The van der Waals surface area contributed by atoms with Crippen molar-refractivity contribution in [3.05, 3.63) is 71.3 Å². The molecule has 1 atom stereocenters. The van der Waals surface area contributed by atoms with Gasteiger partial charge in [0.2, 0.25) is 5.91 Å². The zero-order chi connectivity index (χ0) is 24.7. The van der Waals surface area contributed by atoms with E-state index in [1.165, 1.54) is 13.2 Å². The number of amides is 1. The average molecular weight is 509 g/mol. The molecule has 0 aliphatic carbocycles. The lowest BCUT2D eigenvalue weighted by Crippen LogP contribution is -2.44. The van der Waals surface area contributed by atoms with Crippen LogP contribution in [0.1, 0.15) is 23.7 Å². The summed E-state index contributed by atoms with van der Waals surface area (Å²) < 4.78 is 20.6. The number of hydrogen-bond donors (Lipinski definition) is 2. The normalized spacial score (nSPS) is 14.8. The SMILES string of the molecule is COc1cc(Cn2cc3cc(CNc4cc5c(c(C)n4)NC(=O)[C@H](C)N5C)ccc3n2)ccc1F.S. The van der Waals surface area contributed by atoms with Gasteiger partial charge in [-0.15, -0.1) is 0 Å². The Balaban J connectivity index is 0.00000304. The van der Waals surface area contributed by atoms with E-state index in [4.69, 9.17) is 4.74 Å². The van der Waals surface area contributed by atoms with Gasteiger partial charge in [-0.1, -0.05) is 12.1 Å². The van der Waals surface area contributed by atoms with Crippen molar-refractivity contribution >= 4 is 47.5 Å². The van der Waals surface area contributed by atoms with Crippen LogP contribution in [0.25, 0.3) is 10.9 Å². The van der Waals surface area contributed by atoms with Crippen molar-refractivity contribution in [1.29, 1.82) is 0 Å². The molecule has 0 saturated heterocycles. The molecular formula is C26H29FN6O2S. The van der Waals surface area contributed by atoms with Crippen LogP contribution in [0.4, 0.5) is 21.6 Å². The number of anilines is 3. The second-order valence-electron chi connectivity index (χ2n) is 8.81. The fraction of sp³-hybridized carbons (Fsp3) is 0.269. The highest BCUT2D eigenvalue weighted by atomic mass is 32.1. The summed E-state index contributed by atoms with van der Waals surface area (Å²) in [6.07, 6.45) is 1.98. The Morgan fingerprint density at radius 3 is 2.72 bits per heavy atom. The molecule has 188 valence electrons. The van der Waals surface area contributed by atoms with E-state index in [1.54, 1.807) is 12.1 Å². The van der Waals surface area contributed by atoms with Gasteiger partial charge in [-0.25, -0.2) is 9.37 Å². The van der Waals surface area contributed by atoms with Gasteiger partial charge in [0.1, 0.15) is 11.9 Å². The molecule has 0 fully saturated rings. The van der Waals surface area contributed by atoms with Crippen LogP contribution in [0.15, 0.2) is 48.7 Å². The highest BCUT2D eigenvalue weighted by Crippen LogP contribution is 2.35. The summed E-state index contributed by atoms with van der Waals surface area (Å²) in [5.41, 5.74) is 5.35. The Bertz CT molecular complexity index is 1440. The molecule has 2 N–H and O–H groups in total. The number of benzene rings is 2. The number of carbonyl (C=O) groups is 1. The molecular weight excluding hydrogens is 479 g/mol. The number of rotatable bonds is 6. The van der Waals surface area contributed by atoms with Crippen LogP contribution in [0.2, 0.25) is 0 Å². The first kappa shape index (κ1) is 25.3. The second-order valence-corrected chi connectivity index (χ2v) is 8.81. The third-order valence-electron chi connectivity index (χ3n) is 6.42. The van der Waals surface area contributed by atoms with Crippen LogP contribution < -0.4 is 20.3 Å². The standard InChI is InChI=1S/C26H27FN6O2.H2S/c1-15-25-22(32(3)16(2)26(34)30-25)11-24(29-15)28-12-17-6-8-21-19(9-17)14-33(31-21)13-18-5-7-20(27)23(10-18)35-4;/h5-11,14,16H,12-13H2,1-4H3,(H,28,29)(H,30,34);1H2/t16-;/m0./s1. The van der Waals surface area contributed by atoms with Crippen LogP contribution in [-0.2, 0) is 17.9 Å². The number of aryl methyl sites for hydroxylation is 1. The number of nitrogens with one attached hydrogen (secondary N) is 2. The van der Waals surface area contributed by atoms with Gasteiger partial charge in [0.15, 0.2) is 11.6 Å². The van der Waals surface area contributed by atoms with E-state index in [9.17, 15) is 9.18 Å². The molecule has 0 unspecified atom stereocenters. The molecule has 0 radical (unpaired) electrons. The van der Waals surface area contributed by atoms with Gasteiger partial charge in [0, 0.05) is 31.2 Å². The Morgan fingerprint density at radius 2 is 1.94 bits per heavy atom. The van der Waals surface area contributed by atoms with Gasteiger partial charge in [-0.05, 0) is 49.2 Å². The first-order valence-corrected chi connectivity index (χ1v) is 11.4. The fourth-order valence-corrected chi connectivity index (χ4v) is 4.29. The molecule has 5 rings (SSSR count). The number of hydrogen-bond acceptors (Lipinski definition) is 6. The molecule has 3 heterocycles. The van der Waals surface area contributed by atoms with E-state index < -0.39 is 0 Å². The van der Waals surface area contributed by atoms with E-state index in [2.05, 4.69) is 26.8 Å². The number of ether oxygens (including phenoxy) is 1. The van der Waals surface area contributed by atoms with E-state index >= 15 is 0 Å². The van der Waals surface area contributed by atoms with Gasteiger partial charge in [-0.3, -0.25) is 9.48 Å². The lowest BCUT2D eigenvalue weighted by Gasteiger charge is -2.34. The fourth-order valence-electron chi connectivity index (χ4n) is 4.29. The number of likely N-dealkylation sites (N-methyl/N-ethyl adjacent to an activating group) is 1. The van der Waals surface area contributed by atoms with Gasteiger partial charge in [0.05, 0.1) is 36.2 Å². The summed E-state index contributed by atoms with van der Waals surface area (Å²) in [7, 11) is 3.37. The van der Waals surface area contributed by atoms with Crippen molar-refractivity contribution in [2.24, 2.45) is 0 Å². The quantitative estimate of drug-likeness (QED) is 0.401. The number of carbonyl (C=O) groups excluding carboxylic acids is 1. The molecule has 4 aromatic rings. The first-order valence-electron chi connectivity index (χ1n) is 11.4. The molecule has 8 nitrogen and oxygen atoms in total. The van der Waals surface area contributed by atoms with Crippen molar-refractivity contribution < 1.29 is 13.9 Å². The maximum atomic E-state index is 13.7. The van der Waals surface area contributed by atoms with Crippen molar-refractivity contribution in [3.63, 3.8) is 0 Å². The molecule has 2 aromatic carbocycles. The molecule has 1 aliphatic heterocycles. The Labute approximate surface area is 215 Å². The number of nitrogens with zero attached hydrogens (tertiary/aromatic N) is 4. The minimum atomic E-state index is -0.381. The average Bonchev–Trinajstić information content (AvgIpc) is 3.24. The smallest absolute Gasteiger partial charge is 0.246 e. The largest absolute Gasteiger partial charge is 0.494 e. The Kier molecular flexibility index (Phi) is 7.07. The van der Waals surface area contributed by atoms with E-state index in [1.807, 2.05) is 54.9 Å².